The van der Waals surface area contributed by atoms with E-state index in [2.05, 4.69) is 6.92 Å². The van der Waals surface area contributed by atoms with Crippen LogP contribution in [0.4, 0.5) is 0 Å². The molecule has 4 nitrogen and oxygen atoms in total. The third-order valence-corrected chi connectivity index (χ3v) is 5.02. The molecule has 3 rings (SSSR count). The Hall–Kier alpha value is -0.610. The third kappa shape index (κ3) is 2.65. The molecule has 1 saturated carbocycles. The number of hydrogen-bond acceptors (Lipinski definition) is 3. The molecule has 2 aliphatic heterocycles. The SMILES string of the molecule is COCC[C@@H]1CCOC2(C1)CN(C(=O)[C@@H]1C[C@H]1C)C2. The van der Waals surface area contributed by atoms with E-state index < -0.39 is 0 Å². The average Bonchev–Trinajstić information content (AvgIpc) is 3.10. The predicted octanol–water partition coefficient (Wildman–Crippen LogP) is 1.69. The maximum absolute atomic E-state index is 12.1. The van der Waals surface area contributed by atoms with Crippen LogP contribution in [-0.4, -0.2) is 49.8 Å². The number of methoxy groups -OCH3 is 1. The molecular formula is C15H25NO3. The van der Waals surface area contributed by atoms with Crippen molar-refractivity contribution in [2.45, 2.75) is 38.2 Å². The standard InChI is InChI=1S/C15H25NO3/c1-11-7-13(11)14(17)16-9-15(10-16)8-12(3-5-18-2)4-6-19-15/h11-13H,3-10H2,1-2H3/t11-,12-,13-/m1/s1. The van der Waals surface area contributed by atoms with Crippen LogP contribution in [0.1, 0.15) is 32.6 Å². The summed E-state index contributed by atoms with van der Waals surface area (Å²) in [6.07, 6.45) is 4.44. The van der Waals surface area contributed by atoms with Crippen molar-refractivity contribution in [2.75, 3.05) is 33.4 Å². The molecule has 1 spiro atoms. The van der Waals surface area contributed by atoms with Gasteiger partial charge in [0.25, 0.3) is 0 Å². The van der Waals surface area contributed by atoms with E-state index in [1.54, 1.807) is 7.11 Å². The highest BCUT2D eigenvalue weighted by molar-refractivity contribution is 5.82. The summed E-state index contributed by atoms with van der Waals surface area (Å²) >= 11 is 0. The fraction of sp³-hybridized carbons (Fsp3) is 0.933. The molecule has 0 aromatic carbocycles. The molecular weight excluding hydrogens is 242 g/mol. The molecule has 2 saturated heterocycles. The second kappa shape index (κ2) is 5.06. The van der Waals surface area contributed by atoms with Crippen molar-refractivity contribution in [2.24, 2.45) is 17.8 Å². The Morgan fingerprint density at radius 1 is 1.47 bits per heavy atom. The van der Waals surface area contributed by atoms with Crippen LogP contribution >= 0.6 is 0 Å². The predicted molar refractivity (Wildman–Crippen MR) is 71.8 cm³/mol. The van der Waals surface area contributed by atoms with Crippen molar-refractivity contribution in [1.82, 2.24) is 4.90 Å². The van der Waals surface area contributed by atoms with Gasteiger partial charge in [0.05, 0.1) is 13.1 Å². The minimum atomic E-state index is -0.0234. The maximum atomic E-state index is 12.1. The Kier molecular flexibility index (Phi) is 3.56. The lowest BCUT2D eigenvalue weighted by molar-refractivity contribution is -0.190. The van der Waals surface area contributed by atoms with Crippen molar-refractivity contribution in [1.29, 1.82) is 0 Å². The van der Waals surface area contributed by atoms with Gasteiger partial charge in [-0.1, -0.05) is 6.92 Å². The molecule has 0 aromatic heterocycles. The first-order chi connectivity index (χ1) is 9.13. The first-order valence-electron chi connectivity index (χ1n) is 7.55. The zero-order chi connectivity index (χ0) is 13.5. The van der Waals surface area contributed by atoms with Gasteiger partial charge in [-0.25, -0.2) is 0 Å². The normalized spacial score (nSPS) is 36.1. The second-order valence-electron chi connectivity index (χ2n) is 6.69. The summed E-state index contributed by atoms with van der Waals surface area (Å²) in [6, 6.07) is 0. The quantitative estimate of drug-likeness (QED) is 0.778. The number of ether oxygens (including phenoxy) is 2. The summed E-state index contributed by atoms with van der Waals surface area (Å²) in [6.45, 7) is 5.48. The summed E-state index contributed by atoms with van der Waals surface area (Å²) in [7, 11) is 1.76. The van der Waals surface area contributed by atoms with Gasteiger partial charge in [0.15, 0.2) is 0 Å². The van der Waals surface area contributed by atoms with Gasteiger partial charge in [0.2, 0.25) is 5.91 Å². The van der Waals surface area contributed by atoms with E-state index in [0.717, 1.165) is 52.0 Å². The van der Waals surface area contributed by atoms with E-state index in [1.165, 1.54) is 0 Å². The van der Waals surface area contributed by atoms with E-state index in [-0.39, 0.29) is 5.60 Å². The van der Waals surface area contributed by atoms with Crippen LogP contribution in [0.3, 0.4) is 0 Å². The summed E-state index contributed by atoms with van der Waals surface area (Å²) in [5.74, 6) is 1.97. The van der Waals surface area contributed by atoms with E-state index in [9.17, 15) is 4.79 Å². The molecule has 3 atom stereocenters. The third-order valence-electron chi connectivity index (χ3n) is 5.02. The molecule has 4 heteroatoms. The largest absolute Gasteiger partial charge is 0.385 e. The van der Waals surface area contributed by atoms with Crippen LogP contribution in [0.5, 0.6) is 0 Å². The summed E-state index contributed by atoms with van der Waals surface area (Å²) in [5.41, 5.74) is -0.0234. The number of hydrogen-bond donors (Lipinski definition) is 0. The summed E-state index contributed by atoms with van der Waals surface area (Å²) in [4.78, 5) is 14.1. The van der Waals surface area contributed by atoms with Crippen LogP contribution in [-0.2, 0) is 14.3 Å². The fourth-order valence-corrected chi connectivity index (χ4v) is 3.59. The number of nitrogens with zero attached hydrogens (tertiary/aromatic N) is 1. The van der Waals surface area contributed by atoms with Crippen molar-refractivity contribution in [3.05, 3.63) is 0 Å². The van der Waals surface area contributed by atoms with Gasteiger partial charge >= 0.3 is 0 Å². The molecule has 0 N–H and O–H groups in total. The highest BCUT2D eigenvalue weighted by atomic mass is 16.5. The van der Waals surface area contributed by atoms with E-state index in [4.69, 9.17) is 9.47 Å². The van der Waals surface area contributed by atoms with Gasteiger partial charge in [-0.15, -0.1) is 0 Å². The first kappa shape index (κ1) is 13.4. The Balaban J connectivity index is 1.48. The molecule has 1 aliphatic carbocycles. The number of rotatable bonds is 4. The van der Waals surface area contributed by atoms with Gasteiger partial charge in [-0.05, 0) is 37.5 Å². The Morgan fingerprint density at radius 2 is 2.21 bits per heavy atom. The van der Waals surface area contributed by atoms with Crippen LogP contribution in [0.25, 0.3) is 0 Å². The summed E-state index contributed by atoms with van der Waals surface area (Å²) in [5, 5.41) is 0. The highest BCUT2D eigenvalue weighted by Gasteiger charge is 2.52. The summed E-state index contributed by atoms with van der Waals surface area (Å²) < 4.78 is 11.2. The van der Waals surface area contributed by atoms with Crippen molar-refractivity contribution in [3.8, 4) is 0 Å². The number of carbonyl (C=O) groups excluding carboxylic acids is 1. The zero-order valence-electron chi connectivity index (χ0n) is 12.1. The lowest BCUT2D eigenvalue weighted by Crippen LogP contribution is -2.67. The second-order valence-corrected chi connectivity index (χ2v) is 6.69. The Morgan fingerprint density at radius 3 is 2.84 bits per heavy atom. The highest BCUT2D eigenvalue weighted by Crippen LogP contribution is 2.43. The molecule has 1 amide bonds. The van der Waals surface area contributed by atoms with Crippen LogP contribution in [0, 0.1) is 17.8 Å². The molecule has 0 radical (unpaired) electrons. The van der Waals surface area contributed by atoms with E-state index in [1.807, 2.05) is 4.90 Å². The maximum Gasteiger partial charge on any atom is 0.226 e. The molecule has 0 bridgehead atoms. The van der Waals surface area contributed by atoms with E-state index >= 15 is 0 Å². The molecule has 0 unspecified atom stereocenters. The molecule has 3 fully saturated rings. The minimum absolute atomic E-state index is 0.0234. The van der Waals surface area contributed by atoms with Crippen molar-refractivity contribution >= 4 is 5.91 Å². The molecule has 108 valence electrons. The number of carbonyl (C=O) groups is 1. The average molecular weight is 267 g/mol. The zero-order valence-corrected chi connectivity index (χ0v) is 12.1. The van der Waals surface area contributed by atoms with Crippen LogP contribution in [0.15, 0.2) is 0 Å². The van der Waals surface area contributed by atoms with Crippen molar-refractivity contribution in [3.63, 3.8) is 0 Å². The molecule has 19 heavy (non-hydrogen) atoms. The Bertz CT molecular complexity index is 351. The van der Waals surface area contributed by atoms with Gasteiger partial charge in [0, 0.05) is 26.2 Å². The minimum Gasteiger partial charge on any atom is -0.385 e. The van der Waals surface area contributed by atoms with Gasteiger partial charge in [-0.2, -0.15) is 0 Å². The molecule has 0 aromatic rings. The number of likely N-dealkylation sites (tertiary alicyclic amines) is 1. The van der Waals surface area contributed by atoms with Gasteiger partial charge < -0.3 is 14.4 Å². The topological polar surface area (TPSA) is 38.8 Å². The van der Waals surface area contributed by atoms with Gasteiger partial charge in [-0.3, -0.25) is 4.79 Å². The van der Waals surface area contributed by atoms with Crippen molar-refractivity contribution < 1.29 is 14.3 Å². The van der Waals surface area contributed by atoms with Crippen LogP contribution < -0.4 is 0 Å². The smallest absolute Gasteiger partial charge is 0.226 e. The monoisotopic (exact) mass is 267 g/mol. The number of amides is 1. The van der Waals surface area contributed by atoms with Gasteiger partial charge in [0.1, 0.15) is 5.60 Å². The first-order valence-corrected chi connectivity index (χ1v) is 7.55. The lowest BCUT2D eigenvalue weighted by atomic mass is 9.79. The fourth-order valence-electron chi connectivity index (χ4n) is 3.59. The molecule has 2 heterocycles. The molecule has 3 aliphatic rings. The Labute approximate surface area is 115 Å². The lowest BCUT2D eigenvalue weighted by Gasteiger charge is -2.53. The van der Waals surface area contributed by atoms with Crippen LogP contribution in [0.2, 0.25) is 0 Å². The van der Waals surface area contributed by atoms with E-state index in [0.29, 0.717) is 23.7 Å².